The fourth-order valence-electron chi connectivity index (χ4n) is 8.22. The molecule has 0 aliphatic rings. The van der Waals surface area contributed by atoms with Gasteiger partial charge in [-0.2, -0.15) is 0 Å². The maximum Gasteiger partial charge on any atom is 0.305 e. The lowest BCUT2D eigenvalue weighted by Gasteiger charge is -2.22. The zero-order valence-electron chi connectivity index (χ0n) is 39.7. The third-order valence-electron chi connectivity index (χ3n) is 12.3. The van der Waals surface area contributed by atoms with Crippen LogP contribution in [0.25, 0.3) is 0 Å². The minimum Gasteiger partial charge on any atom is -0.466 e. The van der Waals surface area contributed by atoms with Gasteiger partial charge in [-0.25, -0.2) is 0 Å². The molecule has 0 saturated carbocycles. The van der Waals surface area contributed by atoms with Crippen LogP contribution in [-0.2, 0) is 14.3 Å². The van der Waals surface area contributed by atoms with Crippen molar-refractivity contribution >= 4 is 11.9 Å². The zero-order chi connectivity index (χ0) is 43.0. The first-order valence-corrected chi connectivity index (χ1v) is 26.4. The molecule has 3 N–H and O–H groups in total. The van der Waals surface area contributed by atoms with Crippen LogP contribution in [0.1, 0.15) is 290 Å². The lowest BCUT2D eigenvalue weighted by atomic mass is 10.0. The molecule has 0 bridgehead atoms. The molecule has 0 radical (unpaired) electrons. The lowest BCUT2D eigenvalue weighted by molar-refractivity contribution is -0.143. The number of nitrogens with one attached hydrogen (secondary N) is 1. The van der Waals surface area contributed by atoms with Gasteiger partial charge in [-0.15, -0.1) is 0 Å². The molecule has 0 spiro atoms. The van der Waals surface area contributed by atoms with Gasteiger partial charge in [-0.3, -0.25) is 9.59 Å². The van der Waals surface area contributed by atoms with Gasteiger partial charge in [0.2, 0.25) is 5.91 Å². The highest BCUT2D eigenvalue weighted by molar-refractivity contribution is 5.76. The predicted octanol–water partition coefficient (Wildman–Crippen LogP) is 15.7. The van der Waals surface area contributed by atoms with Crippen molar-refractivity contribution in [2.24, 2.45) is 0 Å². The number of amides is 1. The van der Waals surface area contributed by atoms with Crippen LogP contribution in [0.15, 0.2) is 12.2 Å². The molecule has 2 unspecified atom stereocenters. The number of ether oxygens (including phenoxy) is 1. The third kappa shape index (κ3) is 45.9. The van der Waals surface area contributed by atoms with Gasteiger partial charge in [0.15, 0.2) is 0 Å². The summed E-state index contributed by atoms with van der Waals surface area (Å²) in [6.45, 7) is 4.88. The molecule has 0 rings (SSSR count). The van der Waals surface area contributed by atoms with E-state index in [9.17, 15) is 19.8 Å². The summed E-state index contributed by atoms with van der Waals surface area (Å²) in [5.74, 6) is -0.101. The van der Waals surface area contributed by atoms with Crippen molar-refractivity contribution in [3.8, 4) is 0 Å². The topological polar surface area (TPSA) is 95.9 Å². The molecule has 6 nitrogen and oxygen atoms in total. The molecule has 0 aromatic carbocycles. The number of rotatable bonds is 49. The van der Waals surface area contributed by atoms with Gasteiger partial charge in [-0.1, -0.05) is 238 Å². The van der Waals surface area contributed by atoms with Crippen LogP contribution in [0, 0.1) is 0 Å². The average molecular weight is 834 g/mol. The molecule has 0 aromatic heterocycles. The van der Waals surface area contributed by atoms with E-state index in [-0.39, 0.29) is 18.5 Å². The normalized spacial score (nSPS) is 12.7. The highest BCUT2D eigenvalue weighted by atomic mass is 16.5. The maximum absolute atomic E-state index is 12.4. The fraction of sp³-hybridized carbons (Fsp3) is 0.925. The van der Waals surface area contributed by atoms with Crippen LogP contribution in [0.5, 0.6) is 0 Å². The summed E-state index contributed by atoms with van der Waals surface area (Å²) in [6, 6.07) is -0.565. The van der Waals surface area contributed by atoms with Crippen molar-refractivity contribution in [2.75, 3.05) is 13.2 Å². The molecule has 1 amide bonds. The van der Waals surface area contributed by atoms with Crippen LogP contribution in [0.4, 0.5) is 0 Å². The molecule has 0 aromatic rings. The molecule has 59 heavy (non-hydrogen) atoms. The molecule has 350 valence electrons. The Kier molecular flexibility index (Phi) is 48.1. The number of hydrogen-bond donors (Lipinski definition) is 3. The van der Waals surface area contributed by atoms with E-state index in [1.54, 1.807) is 0 Å². The number of aliphatic hydroxyl groups excluding tert-OH is 2. The second kappa shape index (κ2) is 49.3. The molecule has 2 atom stereocenters. The van der Waals surface area contributed by atoms with Crippen molar-refractivity contribution in [3.63, 3.8) is 0 Å². The van der Waals surface area contributed by atoms with E-state index in [4.69, 9.17) is 4.74 Å². The largest absolute Gasteiger partial charge is 0.466 e. The first-order valence-electron chi connectivity index (χ1n) is 26.4. The molecule has 0 fully saturated rings. The smallest absolute Gasteiger partial charge is 0.305 e. The quantitative estimate of drug-likeness (QED) is 0.0322. The first kappa shape index (κ1) is 57.6. The van der Waals surface area contributed by atoms with Gasteiger partial charge in [-0.05, 0) is 51.4 Å². The van der Waals surface area contributed by atoms with Crippen LogP contribution in [0.2, 0.25) is 0 Å². The second-order valence-electron chi connectivity index (χ2n) is 18.2. The molecule has 0 heterocycles. The van der Waals surface area contributed by atoms with Crippen molar-refractivity contribution in [1.82, 2.24) is 5.32 Å². The Morgan fingerprint density at radius 3 is 1.20 bits per heavy atom. The van der Waals surface area contributed by atoms with Crippen molar-refractivity contribution in [1.29, 1.82) is 0 Å². The number of unbranched alkanes of at least 4 members (excludes halogenated alkanes) is 36. The molecule has 0 saturated heterocycles. The monoisotopic (exact) mass is 834 g/mol. The first-order chi connectivity index (χ1) is 29.0. The standard InChI is InChI=1S/C53H103NO5/c1-3-5-7-9-11-13-15-17-19-20-21-22-24-26-31-35-39-43-47-53(58)59-48-44-40-36-32-28-27-30-34-38-42-46-52(57)54-50(49-55)51(56)45-41-37-33-29-25-23-18-16-14-12-10-8-6-4-2/h28,32,50-51,55-56H,3-27,29-31,33-49H2,1-2H3,(H,54,57)/b32-28-. The fourth-order valence-corrected chi connectivity index (χ4v) is 8.22. The summed E-state index contributed by atoms with van der Waals surface area (Å²) in [6.07, 6.45) is 56.2. The van der Waals surface area contributed by atoms with Crippen molar-refractivity contribution < 1.29 is 24.5 Å². The van der Waals surface area contributed by atoms with Gasteiger partial charge in [0, 0.05) is 12.8 Å². The molecule has 0 aliphatic carbocycles. The average Bonchev–Trinajstić information content (AvgIpc) is 3.24. The lowest BCUT2D eigenvalue weighted by Crippen LogP contribution is -2.45. The van der Waals surface area contributed by atoms with E-state index in [0.29, 0.717) is 25.9 Å². The summed E-state index contributed by atoms with van der Waals surface area (Å²) in [5, 5.41) is 23.2. The predicted molar refractivity (Wildman–Crippen MR) is 255 cm³/mol. The van der Waals surface area contributed by atoms with E-state index in [0.717, 1.165) is 77.0 Å². The number of aliphatic hydroxyl groups is 2. The van der Waals surface area contributed by atoms with Crippen LogP contribution in [-0.4, -0.2) is 47.4 Å². The summed E-state index contributed by atoms with van der Waals surface area (Å²) in [5.41, 5.74) is 0. The van der Waals surface area contributed by atoms with Crippen molar-refractivity contribution in [3.05, 3.63) is 12.2 Å². The number of hydrogen-bond acceptors (Lipinski definition) is 5. The Hall–Kier alpha value is -1.40. The number of allylic oxidation sites excluding steroid dienone is 2. The van der Waals surface area contributed by atoms with Crippen LogP contribution in [0.3, 0.4) is 0 Å². The van der Waals surface area contributed by atoms with Crippen LogP contribution >= 0.6 is 0 Å². The minimum atomic E-state index is -0.684. The van der Waals surface area contributed by atoms with E-state index >= 15 is 0 Å². The molecular formula is C53H103NO5. The van der Waals surface area contributed by atoms with Gasteiger partial charge in [0.25, 0.3) is 0 Å². The SMILES string of the molecule is CCCCCCCCCCCCCCCCCCCCC(=O)OCCCC/C=C\CCCCCCC(=O)NC(CO)C(O)CCCCCCCCCCCCCCCC. The molecule has 0 aliphatic heterocycles. The summed E-state index contributed by atoms with van der Waals surface area (Å²) in [4.78, 5) is 24.5. The zero-order valence-corrected chi connectivity index (χ0v) is 39.7. The van der Waals surface area contributed by atoms with Gasteiger partial charge in [0.05, 0.1) is 25.4 Å². The van der Waals surface area contributed by atoms with Crippen LogP contribution < -0.4 is 5.32 Å². The van der Waals surface area contributed by atoms with Gasteiger partial charge >= 0.3 is 5.97 Å². The van der Waals surface area contributed by atoms with Gasteiger partial charge < -0.3 is 20.3 Å². The Morgan fingerprint density at radius 1 is 0.458 bits per heavy atom. The molecular weight excluding hydrogens is 731 g/mol. The Labute approximate surface area is 368 Å². The summed E-state index contributed by atoms with van der Waals surface area (Å²) in [7, 11) is 0. The van der Waals surface area contributed by atoms with Gasteiger partial charge in [0.1, 0.15) is 0 Å². The number of esters is 1. The highest BCUT2D eigenvalue weighted by Gasteiger charge is 2.20. The third-order valence-corrected chi connectivity index (χ3v) is 12.3. The van der Waals surface area contributed by atoms with E-state index in [2.05, 4.69) is 31.3 Å². The van der Waals surface area contributed by atoms with E-state index in [1.165, 1.54) is 180 Å². The Balaban J connectivity index is 3.49. The number of carbonyl (C=O) groups is 2. The minimum absolute atomic E-state index is 0.0317. The van der Waals surface area contributed by atoms with E-state index in [1.807, 2.05) is 0 Å². The highest BCUT2D eigenvalue weighted by Crippen LogP contribution is 2.17. The Bertz CT molecular complexity index is 878. The Morgan fingerprint density at radius 2 is 0.797 bits per heavy atom. The number of carbonyl (C=O) groups excluding carboxylic acids is 2. The molecule has 6 heteroatoms. The summed E-state index contributed by atoms with van der Waals surface area (Å²) >= 11 is 0. The van der Waals surface area contributed by atoms with Crippen molar-refractivity contribution in [2.45, 2.75) is 302 Å². The maximum atomic E-state index is 12.4. The second-order valence-corrected chi connectivity index (χ2v) is 18.2. The summed E-state index contributed by atoms with van der Waals surface area (Å²) < 4.78 is 5.45. The van der Waals surface area contributed by atoms with E-state index < -0.39 is 12.1 Å².